The molecule has 3 unspecified atom stereocenters. The van der Waals surface area contributed by atoms with Crippen LogP contribution in [-0.4, -0.2) is 35.9 Å². The van der Waals surface area contributed by atoms with Crippen molar-refractivity contribution in [1.82, 2.24) is 4.31 Å². The number of carbonyl (C=O) groups is 1. The lowest BCUT2D eigenvalue weighted by atomic mass is 9.85. The van der Waals surface area contributed by atoms with Crippen molar-refractivity contribution < 1.29 is 18.3 Å². The van der Waals surface area contributed by atoms with E-state index in [2.05, 4.69) is 0 Å². The molecule has 0 amide bonds. The van der Waals surface area contributed by atoms with Gasteiger partial charge in [-0.25, -0.2) is 8.42 Å². The van der Waals surface area contributed by atoms with Crippen LogP contribution < -0.4 is 0 Å². The number of hydrogen-bond donors (Lipinski definition) is 1. The monoisotopic (exact) mass is 368 g/mol. The van der Waals surface area contributed by atoms with Crippen LogP contribution in [0.2, 0.25) is 5.02 Å². The molecule has 2 aliphatic rings. The van der Waals surface area contributed by atoms with Crippen LogP contribution in [0.3, 0.4) is 0 Å². The number of fused-ring (bicyclic) bond motifs is 1. The van der Waals surface area contributed by atoms with Crippen LogP contribution in [0.15, 0.2) is 23.1 Å². The minimum absolute atomic E-state index is 0.0593. The van der Waals surface area contributed by atoms with Crippen molar-refractivity contribution in [2.45, 2.75) is 49.1 Å². The minimum Gasteiger partial charge on any atom is -0.480 e. The van der Waals surface area contributed by atoms with E-state index < -0.39 is 22.0 Å². The fourth-order valence-corrected chi connectivity index (χ4v) is 5.90. The number of nitriles is 1. The van der Waals surface area contributed by atoms with Gasteiger partial charge in [0, 0.05) is 6.04 Å². The highest BCUT2D eigenvalue weighted by Crippen LogP contribution is 2.43. The fourth-order valence-electron chi connectivity index (χ4n) is 3.85. The smallest absolute Gasteiger partial charge is 0.322 e. The van der Waals surface area contributed by atoms with Crippen LogP contribution in [0, 0.1) is 17.2 Å². The molecule has 8 heteroatoms. The van der Waals surface area contributed by atoms with Crippen molar-refractivity contribution in [2.75, 3.05) is 0 Å². The first-order valence-corrected chi connectivity index (χ1v) is 9.64. The summed E-state index contributed by atoms with van der Waals surface area (Å²) in [6, 6.07) is 4.42. The van der Waals surface area contributed by atoms with Crippen molar-refractivity contribution >= 4 is 27.6 Å². The number of nitrogens with zero attached hydrogens (tertiary/aromatic N) is 2. The second-order valence-corrected chi connectivity index (χ2v) is 8.54. The lowest BCUT2D eigenvalue weighted by Gasteiger charge is -2.32. The predicted molar refractivity (Wildman–Crippen MR) is 87.0 cm³/mol. The first-order chi connectivity index (χ1) is 11.4. The maximum atomic E-state index is 13.1. The molecule has 1 saturated heterocycles. The fraction of sp³-hybridized carbons (Fsp3) is 0.500. The molecule has 3 atom stereocenters. The minimum atomic E-state index is -4.01. The predicted octanol–water partition coefficient (Wildman–Crippen LogP) is 2.62. The third kappa shape index (κ3) is 2.79. The van der Waals surface area contributed by atoms with Gasteiger partial charge in [-0.1, -0.05) is 24.4 Å². The van der Waals surface area contributed by atoms with Gasteiger partial charge in [-0.3, -0.25) is 4.79 Å². The number of benzene rings is 1. The molecule has 0 spiro atoms. The molecule has 1 aromatic carbocycles. The third-order valence-electron chi connectivity index (χ3n) is 4.95. The van der Waals surface area contributed by atoms with E-state index in [-0.39, 0.29) is 27.4 Å². The van der Waals surface area contributed by atoms with Gasteiger partial charge in [0.1, 0.15) is 12.1 Å². The molecule has 2 fully saturated rings. The topological polar surface area (TPSA) is 98.5 Å². The largest absolute Gasteiger partial charge is 0.480 e. The van der Waals surface area contributed by atoms with Crippen LogP contribution >= 0.6 is 11.6 Å². The Kier molecular flexibility index (Phi) is 4.56. The number of aliphatic carboxylic acids is 1. The van der Waals surface area contributed by atoms with E-state index in [1.54, 1.807) is 0 Å². The Hall–Kier alpha value is -1.62. The van der Waals surface area contributed by atoms with E-state index in [1.807, 2.05) is 6.07 Å². The molecule has 24 heavy (non-hydrogen) atoms. The number of carboxylic acids is 1. The summed E-state index contributed by atoms with van der Waals surface area (Å²) < 4.78 is 27.3. The Balaban J connectivity index is 2.06. The molecule has 0 bridgehead atoms. The highest BCUT2D eigenvalue weighted by Gasteiger charge is 2.51. The first kappa shape index (κ1) is 17.2. The van der Waals surface area contributed by atoms with Crippen molar-refractivity contribution in [2.24, 2.45) is 5.92 Å². The summed E-state index contributed by atoms with van der Waals surface area (Å²) in [4.78, 5) is 11.5. The van der Waals surface area contributed by atoms with E-state index in [0.29, 0.717) is 12.8 Å². The number of sulfonamides is 1. The maximum Gasteiger partial charge on any atom is 0.322 e. The van der Waals surface area contributed by atoms with Crippen molar-refractivity contribution in [3.8, 4) is 6.07 Å². The molecule has 0 radical (unpaired) electrons. The van der Waals surface area contributed by atoms with Crippen molar-refractivity contribution in [3.63, 3.8) is 0 Å². The quantitative estimate of drug-likeness (QED) is 0.884. The van der Waals surface area contributed by atoms with Gasteiger partial charge in [-0.15, -0.1) is 0 Å². The van der Waals surface area contributed by atoms with Crippen LogP contribution in [0.5, 0.6) is 0 Å². The molecule has 128 valence electrons. The number of carboxylic acid groups (broad SMARTS) is 1. The zero-order valence-electron chi connectivity index (χ0n) is 12.9. The van der Waals surface area contributed by atoms with Gasteiger partial charge in [0.25, 0.3) is 0 Å². The standard InChI is InChI=1S/C16H17ClN2O4S/c17-13-6-5-12(7-11(13)9-18)24(22,23)19-14-4-2-1-3-10(14)8-15(19)16(20)21/h5-7,10,14-15H,1-4,8H2,(H,20,21). The zero-order valence-corrected chi connectivity index (χ0v) is 14.4. The first-order valence-electron chi connectivity index (χ1n) is 7.82. The SMILES string of the molecule is N#Cc1cc(S(=O)(=O)N2C(C(=O)O)CC3CCCCC32)ccc1Cl. The lowest BCUT2D eigenvalue weighted by molar-refractivity contribution is -0.141. The maximum absolute atomic E-state index is 13.1. The average Bonchev–Trinajstić information content (AvgIpc) is 2.95. The van der Waals surface area contributed by atoms with Gasteiger partial charge in [-0.2, -0.15) is 9.57 Å². The molecule has 1 aromatic rings. The Morgan fingerprint density at radius 2 is 2.04 bits per heavy atom. The summed E-state index contributed by atoms with van der Waals surface area (Å²) >= 11 is 5.87. The van der Waals surface area contributed by atoms with Gasteiger partial charge in [-0.05, 0) is 43.4 Å². The molecule has 1 heterocycles. The lowest BCUT2D eigenvalue weighted by Crippen LogP contribution is -2.46. The molecule has 1 saturated carbocycles. The molecule has 1 N–H and O–H groups in total. The number of rotatable bonds is 3. The van der Waals surface area contributed by atoms with Gasteiger partial charge in [0.15, 0.2) is 0 Å². The zero-order chi connectivity index (χ0) is 17.5. The van der Waals surface area contributed by atoms with Crippen LogP contribution in [0.1, 0.15) is 37.7 Å². The Labute approximate surface area is 145 Å². The molecular formula is C16H17ClN2O4S. The van der Waals surface area contributed by atoms with Gasteiger partial charge in [0.05, 0.1) is 15.5 Å². The summed E-state index contributed by atoms with van der Waals surface area (Å²) in [5, 5.41) is 18.7. The summed E-state index contributed by atoms with van der Waals surface area (Å²) in [5.74, 6) is -1.04. The molecular weight excluding hydrogens is 352 g/mol. The highest BCUT2D eigenvalue weighted by atomic mass is 35.5. The van der Waals surface area contributed by atoms with Crippen molar-refractivity contribution in [1.29, 1.82) is 5.26 Å². The third-order valence-corrected chi connectivity index (χ3v) is 7.21. The Bertz CT molecular complexity index is 818. The molecule has 1 aliphatic carbocycles. The second kappa shape index (κ2) is 6.36. The van der Waals surface area contributed by atoms with E-state index in [0.717, 1.165) is 23.6 Å². The van der Waals surface area contributed by atoms with E-state index in [4.69, 9.17) is 16.9 Å². The molecule has 6 nitrogen and oxygen atoms in total. The van der Waals surface area contributed by atoms with Crippen LogP contribution in [0.4, 0.5) is 0 Å². The molecule has 1 aliphatic heterocycles. The summed E-state index contributed by atoms with van der Waals surface area (Å²) in [5.41, 5.74) is 0.0593. The molecule has 0 aromatic heterocycles. The Morgan fingerprint density at radius 1 is 1.33 bits per heavy atom. The summed E-state index contributed by atoms with van der Waals surface area (Å²) in [6.45, 7) is 0. The normalized spacial score (nSPS) is 27.4. The van der Waals surface area contributed by atoms with Gasteiger partial charge >= 0.3 is 5.97 Å². The van der Waals surface area contributed by atoms with Gasteiger partial charge in [0.2, 0.25) is 10.0 Å². The second-order valence-electron chi connectivity index (χ2n) is 6.29. The Morgan fingerprint density at radius 3 is 2.71 bits per heavy atom. The average molecular weight is 369 g/mol. The highest BCUT2D eigenvalue weighted by molar-refractivity contribution is 7.89. The van der Waals surface area contributed by atoms with Gasteiger partial charge < -0.3 is 5.11 Å². The van der Waals surface area contributed by atoms with E-state index in [9.17, 15) is 18.3 Å². The summed E-state index contributed by atoms with van der Waals surface area (Å²) in [6.07, 6.45) is 3.76. The van der Waals surface area contributed by atoms with Crippen LogP contribution in [0.25, 0.3) is 0 Å². The number of halogens is 1. The van der Waals surface area contributed by atoms with E-state index >= 15 is 0 Å². The number of hydrogen-bond acceptors (Lipinski definition) is 4. The van der Waals surface area contributed by atoms with Crippen LogP contribution in [-0.2, 0) is 14.8 Å². The molecule has 3 rings (SSSR count). The van der Waals surface area contributed by atoms with E-state index in [1.165, 1.54) is 18.2 Å². The van der Waals surface area contributed by atoms with Crippen molar-refractivity contribution in [3.05, 3.63) is 28.8 Å². The summed E-state index contributed by atoms with van der Waals surface area (Å²) in [7, 11) is -4.01.